The number of rotatable bonds is 5. The van der Waals surface area contributed by atoms with Crippen LogP contribution in [0.1, 0.15) is 0 Å². The minimum Gasteiger partial charge on any atom is -0.309 e. The molecule has 0 aliphatic carbocycles. The van der Waals surface area contributed by atoms with E-state index < -0.39 is 0 Å². The highest BCUT2D eigenvalue weighted by atomic mass is 15.0. The van der Waals surface area contributed by atoms with Crippen molar-refractivity contribution in [3.63, 3.8) is 0 Å². The van der Waals surface area contributed by atoms with Gasteiger partial charge in [-0.1, -0.05) is 158 Å². The van der Waals surface area contributed by atoms with Crippen molar-refractivity contribution in [2.75, 3.05) is 0 Å². The van der Waals surface area contributed by atoms with Crippen LogP contribution in [0.2, 0.25) is 0 Å². The molecule has 54 heavy (non-hydrogen) atoms. The van der Waals surface area contributed by atoms with Crippen molar-refractivity contribution in [3.05, 3.63) is 206 Å². The minimum absolute atomic E-state index is 1.15. The average Bonchev–Trinajstić information content (AvgIpc) is 3.77. The second kappa shape index (κ2) is 12.2. The molecule has 0 atom stereocenters. The Labute approximate surface area is 313 Å². The fourth-order valence-electron chi connectivity index (χ4n) is 8.74. The number of fused-ring (bicyclic) bond motifs is 8. The highest BCUT2D eigenvalue weighted by molar-refractivity contribution is 6.29. The molecule has 0 unspecified atom stereocenters. The fraction of sp³-hybridized carbons (Fsp3) is 0. The Balaban J connectivity index is 1.22. The largest absolute Gasteiger partial charge is 0.309 e. The van der Waals surface area contributed by atoms with Gasteiger partial charge in [0.05, 0.1) is 27.8 Å². The van der Waals surface area contributed by atoms with Gasteiger partial charge in [0, 0.05) is 32.6 Å². The minimum atomic E-state index is 1.15. The van der Waals surface area contributed by atoms with Crippen LogP contribution >= 0.6 is 0 Å². The van der Waals surface area contributed by atoms with Crippen molar-refractivity contribution in [2.24, 2.45) is 0 Å². The molecule has 0 radical (unpaired) electrons. The van der Waals surface area contributed by atoms with Gasteiger partial charge < -0.3 is 9.13 Å². The fourth-order valence-corrected chi connectivity index (χ4v) is 8.74. The van der Waals surface area contributed by atoms with Crippen LogP contribution in [0.5, 0.6) is 0 Å². The molecule has 2 heteroatoms. The summed E-state index contributed by atoms with van der Waals surface area (Å²) in [6, 6.07) is 75.1. The average molecular weight is 687 g/mol. The van der Waals surface area contributed by atoms with Gasteiger partial charge in [0.2, 0.25) is 0 Å². The molecule has 0 spiro atoms. The second-order valence-corrected chi connectivity index (χ2v) is 14.1. The van der Waals surface area contributed by atoms with Crippen LogP contribution in [0.4, 0.5) is 0 Å². The number of para-hydroxylation sites is 2. The number of benzene rings is 9. The monoisotopic (exact) mass is 686 g/mol. The number of hydrogen-bond acceptors (Lipinski definition) is 0. The van der Waals surface area contributed by atoms with E-state index >= 15 is 0 Å². The smallest absolute Gasteiger partial charge is 0.0549 e. The molecule has 252 valence electrons. The van der Waals surface area contributed by atoms with Crippen LogP contribution < -0.4 is 0 Å². The predicted octanol–water partition coefficient (Wildman–Crippen LogP) is 14.0. The van der Waals surface area contributed by atoms with E-state index in [1.807, 2.05) is 0 Å². The van der Waals surface area contributed by atoms with E-state index in [0.717, 1.165) is 5.69 Å². The Morgan fingerprint density at radius 2 is 0.704 bits per heavy atom. The van der Waals surface area contributed by atoms with Gasteiger partial charge in [0.25, 0.3) is 0 Å². The van der Waals surface area contributed by atoms with Gasteiger partial charge in [0.15, 0.2) is 0 Å². The highest BCUT2D eigenvalue weighted by Crippen LogP contribution is 2.44. The molecule has 0 fully saturated rings. The van der Waals surface area contributed by atoms with Crippen LogP contribution in [0.15, 0.2) is 206 Å². The number of nitrogens with zero attached hydrogens (tertiary/aromatic N) is 2. The Bertz CT molecular complexity index is 3130. The van der Waals surface area contributed by atoms with Crippen LogP contribution in [-0.2, 0) is 0 Å². The van der Waals surface area contributed by atoms with Crippen LogP contribution in [0, 0.1) is 0 Å². The van der Waals surface area contributed by atoms with Crippen molar-refractivity contribution in [3.8, 4) is 44.8 Å². The SMILES string of the molecule is c1ccc(-c2cc(-c3ccccc3)cc(-n3c4ccccc4c4c5c6ccccc6n(-c6ccc(-c7ccccc7)c7ccccc67)c5ccc43)c2)cc1. The van der Waals surface area contributed by atoms with Gasteiger partial charge in [0.1, 0.15) is 0 Å². The lowest BCUT2D eigenvalue weighted by Gasteiger charge is -2.15. The van der Waals surface area contributed by atoms with Crippen LogP contribution in [0.3, 0.4) is 0 Å². The lowest BCUT2D eigenvalue weighted by Crippen LogP contribution is -1.97. The lowest BCUT2D eigenvalue weighted by atomic mass is 9.97. The Morgan fingerprint density at radius 3 is 1.28 bits per heavy atom. The molecule has 0 aliphatic heterocycles. The summed E-state index contributed by atoms with van der Waals surface area (Å²) in [5.41, 5.74) is 14.4. The summed E-state index contributed by atoms with van der Waals surface area (Å²) in [6.45, 7) is 0. The van der Waals surface area contributed by atoms with Crippen molar-refractivity contribution in [1.82, 2.24) is 9.13 Å². The van der Waals surface area contributed by atoms with Gasteiger partial charge in [-0.25, -0.2) is 0 Å². The summed E-state index contributed by atoms with van der Waals surface area (Å²) < 4.78 is 4.95. The quantitative estimate of drug-likeness (QED) is 0.171. The molecule has 11 rings (SSSR count). The van der Waals surface area contributed by atoms with E-state index in [-0.39, 0.29) is 0 Å². The molecule has 0 bridgehead atoms. The van der Waals surface area contributed by atoms with E-state index in [2.05, 4.69) is 215 Å². The zero-order valence-corrected chi connectivity index (χ0v) is 29.5. The zero-order valence-electron chi connectivity index (χ0n) is 29.5. The maximum absolute atomic E-state index is 2.48. The lowest BCUT2D eigenvalue weighted by molar-refractivity contribution is 1.18. The van der Waals surface area contributed by atoms with Gasteiger partial charge in [-0.3, -0.25) is 0 Å². The normalized spacial score (nSPS) is 11.7. The third-order valence-electron chi connectivity index (χ3n) is 11.1. The van der Waals surface area contributed by atoms with E-state index in [9.17, 15) is 0 Å². The van der Waals surface area contributed by atoms with Crippen LogP contribution in [-0.4, -0.2) is 9.13 Å². The first-order chi connectivity index (χ1) is 26.8. The zero-order chi connectivity index (χ0) is 35.6. The number of hydrogen-bond donors (Lipinski definition) is 0. The summed E-state index contributed by atoms with van der Waals surface area (Å²) in [5.74, 6) is 0. The van der Waals surface area contributed by atoms with Gasteiger partial charge in [-0.2, -0.15) is 0 Å². The van der Waals surface area contributed by atoms with Gasteiger partial charge in [-0.15, -0.1) is 0 Å². The van der Waals surface area contributed by atoms with Crippen LogP contribution in [0.25, 0.3) is 99.1 Å². The summed E-state index contributed by atoms with van der Waals surface area (Å²) in [6.07, 6.45) is 0. The standard InChI is InChI=1S/C52H34N2/c1-4-16-35(17-5-1)38-32-39(36-18-6-2-7-19-36)34-40(33-38)53-46-26-14-12-24-44(46)51-49(53)30-31-50-52(51)45-25-13-15-27-47(45)54(50)48-29-28-41(37-20-8-3-9-21-37)42-22-10-11-23-43(42)48/h1-34H. The Hall–Kier alpha value is -7.16. The molecular formula is C52H34N2. The summed E-state index contributed by atoms with van der Waals surface area (Å²) >= 11 is 0. The third-order valence-corrected chi connectivity index (χ3v) is 11.1. The summed E-state index contributed by atoms with van der Waals surface area (Å²) in [7, 11) is 0. The van der Waals surface area contributed by atoms with Crippen molar-refractivity contribution in [2.45, 2.75) is 0 Å². The maximum atomic E-state index is 2.48. The molecule has 0 aliphatic rings. The topological polar surface area (TPSA) is 9.86 Å². The first kappa shape index (κ1) is 30.5. The second-order valence-electron chi connectivity index (χ2n) is 14.1. The molecule has 0 saturated carbocycles. The van der Waals surface area contributed by atoms with E-state index in [1.165, 1.54) is 93.5 Å². The van der Waals surface area contributed by atoms with E-state index in [1.54, 1.807) is 0 Å². The Kier molecular flexibility index (Phi) is 6.90. The van der Waals surface area contributed by atoms with E-state index in [4.69, 9.17) is 0 Å². The molecule has 2 aromatic heterocycles. The molecule has 0 N–H and O–H groups in total. The van der Waals surface area contributed by atoms with Crippen molar-refractivity contribution in [1.29, 1.82) is 0 Å². The Morgan fingerprint density at radius 1 is 0.259 bits per heavy atom. The first-order valence-electron chi connectivity index (χ1n) is 18.6. The molecule has 2 heterocycles. The maximum Gasteiger partial charge on any atom is 0.0549 e. The molecule has 9 aromatic carbocycles. The first-order valence-corrected chi connectivity index (χ1v) is 18.6. The van der Waals surface area contributed by atoms with E-state index in [0.29, 0.717) is 0 Å². The molecular weight excluding hydrogens is 653 g/mol. The highest BCUT2D eigenvalue weighted by Gasteiger charge is 2.22. The van der Waals surface area contributed by atoms with Gasteiger partial charge >= 0.3 is 0 Å². The summed E-state index contributed by atoms with van der Waals surface area (Å²) in [5, 5.41) is 7.52. The third kappa shape index (κ3) is 4.67. The molecule has 0 saturated heterocycles. The number of aromatic nitrogens is 2. The van der Waals surface area contributed by atoms with Crippen molar-refractivity contribution >= 4 is 54.4 Å². The van der Waals surface area contributed by atoms with Gasteiger partial charge in [-0.05, 0) is 87.3 Å². The summed E-state index contributed by atoms with van der Waals surface area (Å²) in [4.78, 5) is 0. The van der Waals surface area contributed by atoms with Crippen molar-refractivity contribution < 1.29 is 0 Å². The molecule has 2 nitrogen and oxygen atoms in total. The molecule has 11 aromatic rings. The predicted molar refractivity (Wildman–Crippen MR) is 229 cm³/mol. The molecule has 0 amide bonds.